The molecule has 0 aliphatic carbocycles. The van der Waals surface area contributed by atoms with Gasteiger partial charge in [0.05, 0.1) is 11.0 Å². The highest BCUT2D eigenvalue weighted by Crippen LogP contribution is 2.22. The summed E-state index contributed by atoms with van der Waals surface area (Å²) in [5.74, 6) is 0. The zero-order chi connectivity index (χ0) is 11.1. The Bertz CT molecular complexity index is 549. The summed E-state index contributed by atoms with van der Waals surface area (Å²) in [5.41, 5.74) is 2.71. The Morgan fingerprint density at radius 1 is 1.27 bits per heavy atom. The Kier molecular flexibility index (Phi) is 2.11. The SMILES string of the molecule is CC(C)(C)c1cnc2ccc(=O)[nH]c2c1. The molecule has 0 spiro atoms. The van der Waals surface area contributed by atoms with Crippen LogP contribution in [-0.2, 0) is 5.41 Å². The minimum Gasteiger partial charge on any atom is -0.321 e. The number of hydrogen-bond acceptors (Lipinski definition) is 2. The maximum Gasteiger partial charge on any atom is 0.248 e. The van der Waals surface area contributed by atoms with Gasteiger partial charge in [0.2, 0.25) is 5.56 Å². The molecule has 0 saturated carbocycles. The van der Waals surface area contributed by atoms with E-state index in [4.69, 9.17) is 0 Å². The molecule has 15 heavy (non-hydrogen) atoms. The van der Waals surface area contributed by atoms with Gasteiger partial charge in [0.1, 0.15) is 0 Å². The zero-order valence-electron chi connectivity index (χ0n) is 9.16. The van der Waals surface area contributed by atoms with E-state index in [0.29, 0.717) is 0 Å². The van der Waals surface area contributed by atoms with Crippen molar-refractivity contribution in [3.63, 3.8) is 0 Å². The van der Waals surface area contributed by atoms with E-state index in [1.54, 1.807) is 6.07 Å². The lowest BCUT2D eigenvalue weighted by Gasteiger charge is -2.18. The summed E-state index contributed by atoms with van der Waals surface area (Å²) in [6.45, 7) is 6.37. The van der Waals surface area contributed by atoms with Crippen molar-refractivity contribution in [2.24, 2.45) is 0 Å². The molecule has 3 nitrogen and oxygen atoms in total. The van der Waals surface area contributed by atoms with Gasteiger partial charge in [-0.15, -0.1) is 0 Å². The van der Waals surface area contributed by atoms with Gasteiger partial charge < -0.3 is 4.98 Å². The van der Waals surface area contributed by atoms with Crippen molar-refractivity contribution in [3.8, 4) is 0 Å². The van der Waals surface area contributed by atoms with E-state index in [0.717, 1.165) is 16.6 Å². The highest BCUT2D eigenvalue weighted by Gasteiger charge is 2.14. The number of rotatable bonds is 0. The molecule has 0 amide bonds. The predicted octanol–water partition coefficient (Wildman–Crippen LogP) is 2.22. The number of pyridine rings is 2. The number of nitrogens with one attached hydrogen (secondary N) is 1. The van der Waals surface area contributed by atoms with E-state index in [1.807, 2.05) is 12.3 Å². The minimum absolute atomic E-state index is 0.0495. The average molecular weight is 202 g/mol. The third-order valence-electron chi connectivity index (χ3n) is 2.43. The summed E-state index contributed by atoms with van der Waals surface area (Å²) in [7, 11) is 0. The molecule has 0 atom stereocenters. The molecule has 0 radical (unpaired) electrons. The summed E-state index contributed by atoms with van der Waals surface area (Å²) in [6.07, 6.45) is 1.86. The van der Waals surface area contributed by atoms with Gasteiger partial charge in [-0.2, -0.15) is 0 Å². The molecule has 0 aliphatic heterocycles. The highest BCUT2D eigenvalue weighted by molar-refractivity contribution is 5.74. The molecule has 3 heteroatoms. The second kappa shape index (κ2) is 3.19. The van der Waals surface area contributed by atoms with E-state index in [2.05, 4.69) is 30.7 Å². The van der Waals surface area contributed by atoms with Crippen LogP contribution in [0.4, 0.5) is 0 Å². The molecule has 2 heterocycles. The molecule has 2 rings (SSSR count). The Morgan fingerprint density at radius 2 is 2.00 bits per heavy atom. The van der Waals surface area contributed by atoms with Crippen LogP contribution in [0.3, 0.4) is 0 Å². The molecule has 78 valence electrons. The standard InChI is InChI=1S/C12H14N2O/c1-12(2,3)8-6-10-9(13-7-8)4-5-11(15)14-10/h4-7H,1-3H3,(H,14,15). The number of hydrogen-bond donors (Lipinski definition) is 1. The Morgan fingerprint density at radius 3 is 2.67 bits per heavy atom. The highest BCUT2D eigenvalue weighted by atomic mass is 16.1. The van der Waals surface area contributed by atoms with Gasteiger partial charge in [0, 0.05) is 12.3 Å². The summed E-state index contributed by atoms with van der Waals surface area (Å²) in [5, 5.41) is 0. The van der Waals surface area contributed by atoms with Crippen molar-refractivity contribution in [2.75, 3.05) is 0 Å². The van der Waals surface area contributed by atoms with Gasteiger partial charge >= 0.3 is 0 Å². The van der Waals surface area contributed by atoms with Crippen LogP contribution in [0, 0.1) is 0 Å². The molecular formula is C12H14N2O. The molecule has 0 saturated heterocycles. The number of aromatic nitrogens is 2. The topological polar surface area (TPSA) is 45.8 Å². The summed E-state index contributed by atoms with van der Waals surface area (Å²) in [4.78, 5) is 18.3. The fourth-order valence-corrected chi connectivity index (χ4v) is 1.45. The quantitative estimate of drug-likeness (QED) is 0.712. The third kappa shape index (κ3) is 1.91. The van der Waals surface area contributed by atoms with Gasteiger partial charge in [-0.25, -0.2) is 0 Å². The smallest absolute Gasteiger partial charge is 0.248 e. The maximum atomic E-state index is 11.2. The molecule has 0 fully saturated rings. The summed E-state index contributed by atoms with van der Waals surface area (Å²) >= 11 is 0. The van der Waals surface area contributed by atoms with Crippen molar-refractivity contribution in [1.29, 1.82) is 0 Å². The Balaban J connectivity index is 2.70. The molecular weight excluding hydrogens is 188 g/mol. The number of nitrogens with zero attached hydrogens (tertiary/aromatic N) is 1. The molecule has 0 bridgehead atoms. The molecule has 0 aromatic carbocycles. The first-order valence-corrected chi connectivity index (χ1v) is 4.96. The van der Waals surface area contributed by atoms with Crippen LogP contribution in [0.5, 0.6) is 0 Å². The van der Waals surface area contributed by atoms with Gasteiger partial charge in [-0.05, 0) is 23.1 Å². The predicted molar refractivity (Wildman–Crippen MR) is 61.1 cm³/mol. The van der Waals surface area contributed by atoms with Crippen LogP contribution in [0.25, 0.3) is 11.0 Å². The second-order valence-corrected chi connectivity index (χ2v) is 4.73. The average Bonchev–Trinajstić information content (AvgIpc) is 2.15. The lowest BCUT2D eigenvalue weighted by Crippen LogP contribution is -2.12. The fraction of sp³-hybridized carbons (Fsp3) is 0.333. The molecule has 0 aliphatic rings. The van der Waals surface area contributed by atoms with Gasteiger partial charge in [0.25, 0.3) is 0 Å². The zero-order valence-corrected chi connectivity index (χ0v) is 9.16. The number of H-pyrrole nitrogens is 1. The van der Waals surface area contributed by atoms with Crippen LogP contribution in [-0.4, -0.2) is 9.97 Å². The fourth-order valence-electron chi connectivity index (χ4n) is 1.45. The van der Waals surface area contributed by atoms with E-state index < -0.39 is 0 Å². The number of aromatic amines is 1. The lowest BCUT2D eigenvalue weighted by atomic mass is 9.88. The maximum absolute atomic E-state index is 11.2. The van der Waals surface area contributed by atoms with Crippen LogP contribution in [0.15, 0.2) is 29.2 Å². The second-order valence-electron chi connectivity index (χ2n) is 4.73. The normalized spacial score (nSPS) is 11.9. The van der Waals surface area contributed by atoms with Gasteiger partial charge in [-0.3, -0.25) is 9.78 Å². The van der Waals surface area contributed by atoms with Crippen LogP contribution in [0.1, 0.15) is 26.3 Å². The first-order chi connectivity index (χ1) is 6.97. The Labute approximate surface area is 88.2 Å². The molecule has 1 N–H and O–H groups in total. The minimum atomic E-state index is -0.0876. The van der Waals surface area contributed by atoms with Crippen LogP contribution < -0.4 is 5.56 Å². The van der Waals surface area contributed by atoms with Crippen molar-refractivity contribution < 1.29 is 0 Å². The summed E-state index contributed by atoms with van der Waals surface area (Å²) < 4.78 is 0. The first-order valence-electron chi connectivity index (χ1n) is 4.96. The van der Waals surface area contributed by atoms with Crippen molar-refractivity contribution in [3.05, 3.63) is 40.3 Å². The first kappa shape index (κ1) is 9.90. The molecule has 2 aromatic rings. The van der Waals surface area contributed by atoms with Crippen LogP contribution in [0.2, 0.25) is 0 Å². The van der Waals surface area contributed by atoms with Gasteiger partial charge in [-0.1, -0.05) is 20.8 Å². The number of fused-ring (bicyclic) bond motifs is 1. The van der Waals surface area contributed by atoms with Crippen molar-refractivity contribution >= 4 is 11.0 Å². The summed E-state index contributed by atoms with van der Waals surface area (Å²) in [6, 6.07) is 5.22. The van der Waals surface area contributed by atoms with Gasteiger partial charge in [0.15, 0.2) is 0 Å². The van der Waals surface area contributed by atoms with E-state index in [-0.39, 0.29) is 11.0 Å². The van der Waals surface area contributed by atoms with Crippen molar-refractivity contribution in [2.45, 2.75) is 26.2 Å². The van der Waals surface area contributed by atoms with Crippen molar-refractivity contribution in [1.82, 2.24) is 9.97 Å². The van der Waals surface area contributed by atoms with E-state index in [1.165, 1.54) is 6.07 Å². The van der Waals surface area contributed by atoms with E-state index in [9.17, 15) is 4.79 Å². The molecule has 0 unspecified atom stereocenters. The monoisotopic (exact) mass is 202 g/mol. The van der Waals surface area contributed by atoms with E-state index >= 15 is 0 Å². The third-order valence-corrected chi connectivity index (χ3v) is 2.43. The lowest BCUT2D eigenvalue weighted by molar-refractivity contribution is 0.588. The van der Waals surface area contributed by atoms with Crippen LogP contribution >= 0.6 is 0 Å². The molecule has 2 aromatic heterocycles. The largest absolute Gasteiger partial charge is 0.321 e. The Hall–Kier alpha value is -1.64.